The standard InChI is InChI=1S/C31H32ClF2N5O3S/c1-17(2)39-11-9-21(10-12-39)36-31-35-16-19-13-18(3-6-25(19)37-31)29-24(33)5-7-26(30(29)34)38-43(41,42)28-15-20(32)14-23-22(28)4-8-27(23)40/h3,5-7,13-17,21,27,38,40H,4,8-12H2,1-2H3,(H,35,36,37). The first-order valence-corrected chi connectivity index (χ1v) is 16.1. The van der Waals surface area contributed by atoms with Crippen LogP contribution in [0.3, 0.4) is 0 Å². The quantitative estimate of drug-likeness (QED) is 0.221. The van der Waals surface area contributed by atoms with Crippen LogP contribution >= 0.6 is 11.6 Å². The van der Waals surface area contributed by atoms with Gasteiger partial charge in [-0.05, 0) is 92.6 Å². The molecule has 8 nitrogen and oxygen atoms in total. The third-order valence-electron chi connectivity index (χ3n) is 8.32. The number of aromatic nitrogens is 2. The van der Waals surface area contributed by atoms with Crippen molar-refractivity contribution in [2.75, 3.05) is 23.1 Å². The largest absolute Gasteiger partial charge is 0.388 e. The monoisotopic (exact) mass is 627 g/mol. The number of anilines is 2. The molecule has 12 heteroatoms. The number of hydrogen-bond acceptors (Lipinski definition) is 7. The SMILES string of the molecule is CC(C)N1CCC(Nc2ncc3cc(-c4c(F)ccc(NS(=O)(=O)c5cc(Cl)cc6c5CCC6O)c4F)ccc3n2)CC1. The van der Waals surface area contributed by atoms with Gasteiger partial charge in [0, 0.05) is 41.8 Å². The molecule has 1 aliphatic carbocycles. The second-order valence-corrected chi connectivity index (χ2v) is 13.5. The molecule has 4 aromatic rings. The normalized spacial score (nSPS) is 17.9. The Kier molecular flexibility index (Phi) is 8.01. The highest BCUT2D eigenvalue weighted by Crippen LogP contribution is 2.39. The average Bonchev–Trinajstić information content (AvgIpc) is 3.34. The molecule has 0 bridgehead atoms. The third-order valence-corrected chi connectivity index (χ3v) is 9.97. The fraction of sp³-hybridized carbons (Fsp3) is 0.355. The van der Waals surface area contributed by atoms with Crippen LogP contribution in [0.25, 0.3) is 22.0 Å². The van der Waals surface area contributed by atoms with Crippen molar-refractivity contribution in [2.24, 2.45) is 0 Å². The number of aliphatic hydroxyl groups excluding tert-OH is 1. The summed E-state index contributed by atoms with van der Waals surface area (Å²) < 4.78 is 59.8. The smallest absolute Gasteiger partial charge is 0.262 e. The molecule has 0 amide bonds. The Morgan fingerprint density at radius 3 is 2.58 bits per heavy atom. The van der Waals surface area contributed by atoms with Crippen LogP contribution in [0.2, 0.25) is 5.02 Å². The molecule has 1 aliphatic heterocycles. The highest BCUT2D eigenvalue weighted by molar-refractivity contribution is 7.92. The lowest BCUT2D eigenvalue weighted by Crippen LogP contribution is -2.42. The summed E-state index contributed by atoms with van der Waals surface area (Å²) in [5.41, 5.74) is 0.880. The molecule has 1 saturated heterocycles. The first-order chi connectivity index (χ1) is 20.5. The van der Waals surface area contributed by atoms with Crippen LogP contribution in [0.5, 0.6) is 0 Å². The summed E-state index contributed by atoms with van der Waals surface area (Å²) in [6.45, 7) is 6.39. The highest BCUT2D eigenvalue weighted by atomic mass is 35.5. The van der Waals surface area contributed by atoms with Gasteiger partial charge in [0.05, 0.1) is 27.8 Å². The van der Waals surface area contributed by atoms with Crippen LogP contribution in [-0.2, 0) is 16.4 Å². The highest BCUT2D eigenvalue weighted by Gasteiger charge is 2.30. The number of piperidine rings is 1. The summed E-state index contributed by atoms with van der Waals surface area (Å²) >= 11 is 6.14. The van der Waals surface area contributed by atoms with Gasteiger partial charge in [-0.1, -0.05) is 17.7 Å². The molecule has 0 saturated carbocycles. The van der Waals surface area contributed by atoms with Crippen molar-refractivity contribution in [1.29, 1.82) is 0 Å². The van der Waals surface area contributed by atoms with Crippen LogP contribution in [0.1, 0.15) is 50.3 Å². The second-order valence-electron chi connectivity index (χ2n) is 11.4. The summed E-state index contributed by atoms with van der Waals surface area (Å²) in [5.74, 6) is -1.41. The summed E-state index contributed by atoms with van der Waals surface area (Å²) in [7, 11) is -4.32. The average molecular weight is 628 g/mol. The number of halogens is 3. The zero-order valence-electron chi connectivity index (χ0n) is 23.7. The van der Waals surface area contributed by atoms with Crippen molar-refractivity contribution in [1.82, 2.24) is 14.9 Å². The number of nitrogens with zero attached hydrogens (tertiary/aromatic N) is 3. The minimum Gasteiger partial charge on any atom is -0.388 e. The molecule has 3 aromatic carbocycles. The van der Waals surface area contributed by atoms with E-state index < -0.39 is 33.4 Å². The number of hydrogen-bond donors (Lipinski definition) is 3. The van der Waals surface area contributed by atoms with Gasteiger partial charge in [-0.2, -0.15) is 0 Å². The molecule has 1 atom stereocenters. The van der Waals surface area contributed by atoms with E-state index in [4.69, 9.17) is 11.6 Å². The molecule has 1 fully saturated rings. The van der Waals surface area contributed by atoms with Gasteiger partial charge in [0.2, 0.25) is 5.95 Å². The topological polar surface area (TPSA) is 107 Å². The molecule has 1 unspecified atom stereocenters. The van der Waals surface area contributed by atoms with E-state index in [1.54, 1.807) is 24.4 Å². The van der Waals surface area contributed by atoms with E-state index in [-0.39, 0.29) is 27.1 Å². The first-order valence-electron chi connectivity index (χ1n) is 14.3. The maximum absolute atomic E-state index is 15.8. The molecular formula is C31H32ClF2N5O3S. The van der Waals surface area contributed by atoms with Crippen LogP contribution in [-0.4, -0.2) is 53.6 Å². The first kappa shape index (κ1) is 29.7. The van der Waals surface area contributed by atoms with Crippen LogP contribution < -0.4 is 10.0 Å². The lowest BCUT2D eigenvalue weighted by Gasteiger charge is -2.34. The lowest BCUT2D eigenvalue weighted by molar-refractivity contribution is 0.177. The van der Waals surface area contributed by atoms with E-state index in [9.17, 15) is 13.5 Å². The van der Waals surface area contributed by atoms with Crippen LogP contribution in [0.4, 0.5) is 20.4 Å². The van der Waals surface area contributed by atoms with Crippen molar-refractivity contribution in [3.63, 3.8) is 0 Å². The predicted molar refractivity (Wildman–Crippen MR) is 164 cm³/mol. The zero-order valence-corrected chi connectivity index (χ0v) is 25.3. The molecule has 2 aliphatic rings. The van der Waals surface area contributed by atoms with Crippen molar-refractivity contribution in [3.8, 4) is 11.1 Å². The molecule has 226 valence electrons. The summed E-state index contributed by atoms with van der Waals surface area (Å²) in [4.78, 5) is 11.3. The maximum Gasteiger partial charge on any atom is 0.262 e. The fourth-order valence-electron chi connectivity index (χ4n) is 5.97. The maximum atomic E-state index is 15.8. The number of sulfonamides is 1. The summed E-state index contributed by atoms with van der Waals surface area (Å²) in [6.07, 6.45) is 3.43. The summed E-state index contributed by atoms with van der Waals surface area (Å²) in [5, 5.41) is 14.3. The molecule has 0 spiro atoms. The Morgan fingerprint density at radius 1 is 1.07 bits per heavy atom. The number of nitrogens with one attached hydrogen (secondary N) is 2. The number of aliphatic hydroxyl groups is 1. The van der Waals surface area contributed by atoms with Crippen molar-refractivity contribution in [3.05, 3.63) is 76.4 Å². The Balaban J connectivity index is 1.26. The molecular weight excluding hydrogens is 596 g/mol. The number of likely N-dealkylation sites (tertiary alicyclic amines) is 1. The molecule has 2 heterocycles. The third kappa shape index (κ3) is 5.91. The summed E-state index contributed by atoms with van der Waals surface area (Å²) in [6, 6.07) is 10.4. The van der Waals surface area contributed by atoms with Crippen molar-refractivity contribution < 1.29 is 22.3 Å². The van der Waals surface area contributed by atoms with Gasteiger partial charge in [0.25, 0.3) is 10.0 Å². The minimum atomic E-state index is -4.32. The Labute approximate surface area is 254 Å². The number of benzene rings is 3. The van der Waals surface area contributed by atoms with Gasteiger partial charge in [-0.15, -0.1) is 0 Å². The van der Waals surface area contributed by atoms with E-state index in [0.717, 1.165) is 38.1 Å². The van der Waals surface area contributed by atoms with E-state index in [2.05, 4.69) is 38.8 Å². The molecule has 0 radical (unpaired) electrons. The Morgan fingerprint density at radius 2 is 1.84 bits per heavy atom. The van der Waals surface area contributed by atoms with Gasteiger partial charge in [0.1, 0.15) is 5.82 Å². The Hall–Kier alpha value is -3.38. The fourth-order valence-corrected chi connectivity index (χ4v) is 7.64. The van der Waals surface area contributed by atoms with Crippen LogP contribution in [0.15, 0.2) is 53.6 Å². The van der Waals surface area contributed by atoms with Crippen molar-refractivity contribution >= 4 is 44.2 Å². The minimum absolute atomic E-state index is 0.133. The van der Waals surface area contributed by atoms with Gasteiger partial charge in [0.15, 0.2) is 5.82 Å². The van der Waals surface area contributed by atoms with E-state index >= 15 is 8.78 Å². The number of fused-ring (bicyclic) bond motifs is 2. The predicted octanol–water partition coefficient (Wildman–Crippen LogP) is 6.29. The number of rotatable bonds is 7. The van der Waals surface area contributed by atoms with E-state index in [1.165, 1.54) is 12.1 Å². The van der Waals surface area contributed by atoms with Crippen molar-refractivity contribution in [2.45, 2.75) is 62.6 Å². The van der Waals surface area contributed by atoms with Gasteiger partial charge in [-0.25, -0.2) is 27.2 Å². The van der Waals surface area contributed by atoms with E-state index in [0.29, 0.717) is 46.9 Å². The zero-order chi connectivity index (χ0) is 30.5. The van der Waals surface area contributed by atoms with Gasteiger partial charge >= 0.3 is 0 Å². The van der Waals surface area contributed by atoms with Gasteiger partial charge in [-0.3, -0.25) is 4.72 Å². The Bertz CT molecular complexity index is 1810. The second kappa shape index (κ2) is 11.6. The molecule has 3 N–H and O–H groups in total. The molecule has 6 rings (SSSR count). The molecule has 1 aromatic heterocycles. The van der Waals surface area contributed by atoms with E-state index in [1.807, 2.05) is 0 Å². The lowest BCUT2D eigenvalue weighted by atomic mass is 10.0. The van der Waals surface area contributed by atoms with Crippen LogP contribution in [0, 0.1) is 11.6 Å². The van der Waals surface area contributed by atoms with Gasteiger partial charge < -0.3 is 15.3 Å². The molecule has 43 heavy (non-hydrogen) atoms.